The van der Waals surface area contributed by atoms with Crippen molar-refractivity contribution in [1.82, 2.24) is 15.1 Å². The van der Waals surface area contributed by atoms with Gasteiger partial charge < -0.3 is 15.2 Å². The molecule has 1 heterocycles. The van der Waals surface area contributed by atoms with Gasteiger partial charge in [-0.2, -0.15) is 5.10 Å². The van der Waals surface area contributed by atoms with Gasteiger partial charge in [0.2, 0.25) is 0 Å². The number of nitrogens with zero attached hydrogens (tertiary/aromatic N) is 2. The number of aromatic nitrogens is 2. The lowest BCUT2D eigenvalue weighted by molar-refractivity contribution is -0.137. The van der Waals surface area contributed by atoms with E-state index in [0.717, 1.165) is 35.2 Å². The van der Waals surface area contributed by atoms with Crippen LogP contribution in [0.4, 0.5) is 4.79 Å². The number of carboxylic acid groups (broad SMARTS) is 1. The first-order valence-electron chi connectivity index (χ1n) is 10.4. The van der Waals surface area contributed by atoms with Crippen LogP contribution < -0.4 is 5.32 Å². The highest BCUT2D eigenvalue weighted by Crippen LogP contribution is 2.44. The van der Waals surface area contributed by atoms with E-state index in [1.807, 2.05) is 31.2 Å². The summed E-state index contributed by atoms with van der Waals surface area (Å²) >= 11 is 0. The first-order valence-corrected chi connectivity index (χ1v) is 10.4. The molecule has 2 N–H and O–H groups in total. The number of fused-ring (bicyclic) bond motifs is 3. The predicted octanol–water partition coefficient (Wildman–Crippen LogP) is 4.35. The van der Waals surface area contributed by atoms with Crippen LogP contribution in [0.1, 0.15) is 48.4 Å². The smallest absolute Gasteiger partial charge is 0.407 e. The van der Waals surface area contributed by atoms with Crippen molar-refractivity contribution in [1.29, 1.82) is 0 Å². The number of ether oxygens (including phenoxy) is 1. The van der Waals surface area contributed by atoms with Gasteiger partial charge in [0.15, 0.2) is 0 Å². The average Bonchev–Trinajstić information content (AvgIpc) is 3.35. The van der Waals surface area contributed by atoms with Crippen LogP contribution in [-0.2, 0) is 16.1 Å². The summed E-state index contributed by atoms with van der Waals surface area (Å²) in [5.41, 5.74) is 5.20. The van der Waals surface area contributed by atoms with Crippen molar-refractivity contribution in [2.75, 3.05) is 6.61 Å². The second kappa shape index (κ2) is 9.04. The fraction of sp³-hybridized carbons (Fsp3) is 0.292. The van der Waals surface area contributed by atoms with E-state index < -0.39 is 18.1 Å². The standard InChI is InChI=1S/C24H25N3O4/c1-2-11-27-14-16(13-25-27)22(12-23(28)29)26-24(30)31-15-21-19-9-5-3-7-17(19)18-8-4-6-10-20(18)21/h3-10,13-14,21-22H,2,11-12,15H2,1H3,(H,26,30)(H,28,29)/t22-/m1/s1. The van der Waals surface area contributed by atoms with Gasteiger partial charge in [0.1, 0.15) is 6.61 Å². The van der Waals surface area contributed by atoms with Crippen LogP contribution in [-0.4, -0.2) is 33.6 Å². The molecule has 0 aliphatic heterocycles. The van der Waals surface area contributed by atoms with Crippen LogP contribution in [0.15, 0.2) is 60.9 Å². The molecule has 31 heavy (non-hydrogen) atoms. The van der Waals surface area contributed by atoms with E-state index in [2.05, 4.69) is 34.7 Å². The van der Waals surface area contributed by atoms with Crippen LogP contribution in [0, 0.1) is 0 Å². The second-order valence-electron chi connectivity index (χ2n) is 7.66. The van der Waals surface area contributed by atoms with E-state index in [1.54, 1.807) is 17.1 Å². The number of carbonyl (C=O) groups is 2. The maximum atomic E-state index is 12.6. The zero-order valence-corrected chi connectivity index (χ0v) is 17.3. The van der Waals surface area contributed by atoms with Crippen molar-refractivity contribution in [2.45, 2.75) is 38.3 Å². The molecule has 0 fully saturated rings. The van der Waals surface area contributed by atoms with Gasteiger partial charge in [0.25, 0.3) is 0 Å². The Labute approximate surface area is 180 Å². The molecule has 0 bridgehead atoms. The van der Waals surface area contributed by atoms with Crippen LogP contribution >= 0.6 is 0 Å². The second-order valence-corrected chi connectivity index (χ2v) is 7.66. The number of aryl methyl sites for hydroxylation is 1. The molecule has 4 rings (SSSR count). The molecule has 1 aromatic heterocycles. The summed E-state index contributed by atoms with van der Waals surface area (Å²) in [5.74, 6) is -1.06. The molecular formula is C24H25N3O4. The maximum Gasteiger partial charge on any atom is 0.407 e. The molecule has 1 aliphatic carbocycles. The molecular weight excluding hydrogens is 394 g/mol. The number of amides is 1. The Kier molecular flexibility index (Phi) is 6.02. The van der Waals surface area contributed by atoms with Gasteiger partial charge in [-0.05, 0) is 28.7 Å². The number of alkyl carbamates (subject to hydrolysis) is 1. The van der Waals surface area contributed by atoms with Crippen molar-refractivity contribution in [3.05, 3.63) is 77.6 Å². The van der Waals surface area contributed by atoms with Crippen molar-refractivity contribution in [2.24, 2.45) is 0 Å². The highest BCUT2D eigenvalue weighted by atomic mass is 16.5. The molecule has 2 aromatic carbocycles. The third-order valence-electron chi connectivity index (χ3n) is 5.52. The SMILES string of the molecule is CCCn1cc([C@@H](CC(=O)O)NC(=O)OCC2c3ccccc3-c3ccccc32)cn1. The molecule has 0 saturated heterocycles. The normalized spacial score (nSPS) is 13.3. The first-order chi connectivity index (χ1) is 15.1. The largest absolute Gasteiger partial charge is 0.481 e. The molecule has 3 aromatic rings. The quantitative estimate of drug-likeness (QED) is 0.566. The third-order valence-corrected chi connectivity index (χ3v) is 5.52. The van der Waals surface area contributed by atoms with Gasteiger partial charge in [0.05, 0.1) is 18.7 Å². The minimum Gasteiger partial charge on any atom is -0.481 e. The molecule has 160 valence electrons. The lowest BCUT2D eigenvalue weighted by Gasteiger charge is -2.18. The van der Waals surface area contributed by atoms with Crippen molar-refractivity contribution >= 4 is 12.1 Å². The molecule has 7 heteroatoms. The Bertz CT molecular complexity index is 1050. The summed E-state index contributed by atoms with van der Waals surface area (Å²) < 4.78 is 7.30. The highest BCUT2D eigenvalue weighted by molar-refractivity contribution is 5.79. The van der Waals surface area contributed by atoms with E-state index in [9.17, 15) is 14.7 Å². The Morgan fingerprint density at radius 2 is 1.77 bits per heavy atom. The number of benzene rings is 2. The number of carboxylic acids is 1. The van der Waals surface area contributed by atoms with Crippen molar-refractivity contribution in [3.63, 3.8) is 0 Å². The summed E-state index contributed by atoms with van der Waals surface area (Å²) in [6, 6.07) is 15.5. The molecule has 0 radical (unpaired) electrons. The van der Waals surface area contributed by atoms with Gasteiger partial charge in [-0.3, -0.25) is 9.48 Å². The number of rotatable bonds is 8. The summed E-state index contributed by atoms with van der Waals surface area (Å²) in [5, 5.41) is 16.2. The van der Waals surface area contributed by atoms with Crippen LogP contribution in [0.5, 0.6) is 0 Å². The van der Waals surface area contributed by atoms with E-state index in [-0.39, 0.29) is 18.9 Å². The minimum absolute atomic E-state index is 0.0524. The highest BCUT2D eigenvalue weighted by Gasteiger charge is 2.29. The Morgan fingerprint density at radius 1 is 1.13 bits per heavy atom. The number of nitrogens with one attached hydrogen (secondary N) is 1. The zero-order valence-electron chi connectivity index (χ0n) is 17.3. The van der Waals surface area contributed by atoms with Gasteiger partial charge in [-0.1, -0.05) is 55.5 Å². The lowest BCUT2D eigenvalue weighted by Crippen LogP contribution is -2.31. The van der Waals surface area contributed by atoms with Gasteiger partial charge >= 0.3 is 12.1 Å². The first kappa shape index (κ1) is 20.7. The summed E-state index contributed by atoms with van der Waals surface area (Å²) in [6.07, 6.45) is 3.37. The van der Waals surface area contributed by atoms with Gasteiger partial charge in [-0.15, -0.1) is 0 Å². The molecule has 1 atom stereocenters. The molecule has 0 unspecified atom stereocenters. The van der Waals surface area contributed by atoms with E-state index in [1.165, 1.54) is 0 Å². The fourth-order valence-electron chi connectivity index (χ4n) is 4.12. The Balaban J connectivity index is 1.45. The minimum atomic E-state index is -1.01. The third kappa shape index (κ3) is 4.45. The molecule has 7 nitrogen and oxygen atoms in total. The monoisotopic (exact) mass is 419 g/mol. The summed E-state index contributed by atoms with van der Waals surface area (Å²) in [4.78, 5) is 23.9. The van der Waals surface area contributed by atoms with E-state index in [0.29, 0.717) is 5.56 Å². The van der Waals surface area contributed by atoms with Gasteiger partial charge in [0, 0.05) is 24.2 Å². The predicted molar refractivity (Wildman–Crippen MR) is 116 cm³/mol. The molecule has 1 aliphatic rings. The van der Waals surface area contributed by atoms with E-state index in [4.69, 9.17) is 4.74 Å². The lowest BCUT2D eigenvalue weighted by atomic mass is 9.98. The maximum absolute atomic E-state index is 12.6. The van der Waals surface area contributed by atoms with Gasteiger partial charge in [-0.25, -0.2) is 4.79 Å². The average molecular weight is 419 g/mol. The molecule has 0 saturated carbocycles. The number of aliphatic carboxylic acids is 1. The molecule has 0 spiro atoms. The van der Waals surface area contributed by atoms with Crippen LogP contribution in [0.2, 0.25) is 0 Å². The number of hydrogen-bond donors (Lipinski definition) is 2. The summed E-state index contributed by atoms with van der Waals surface area (Å²) in [6.45, 7) is 2.94. The van der Waals surface area contributed by atoms with Crippen molar-refractivity contribution in [3.8, 4) is 11.1 Å². The molecule has 1 amide bonds. The Morgan fingerprint density at radius 3 is 2.39 bits per heavy atom. The van der Waals surface area contributed by atoms with E-state index >= 15 is 0 Å². The summed E-state index contributed by atoms with van der Waals surface area (Å²) in [7, 11) is 0. The van der Waals surface area contributed by atoms with Crippen molar-refractivity contribution < 1.29 is 19.4 Å². The Hall–Kier alpha value is -3.61. The topological polar surface area (TPSA) is 93.5 Å². The fourth-order valence-corrected chi connectivity index (χ4v) is 4.12. The zero-order chi connectivity index (χ0) is 21.8. The van der Waals surface area contributed by atoms with Crippen LogP contribution in [0.25, 0.3) is 11.1 Å². The number of hydrogen-bond acceptors (Lipinski definition) is 4. The van der Waals surface area contributed by atoms with Crippen LogP contribution in [0.3, 0.4) is 0 Å². The number of carbonyl (C=O) groups excluding carboxylic acids is 1.